The summed E-state index contributed by atoms with van der Waals surface area (Å²) in [6.07, 6.45) is 9.43. The highest BCUT2D eigenvalue weighted by atomic mass is 16.5. The lowest BCUT2D eigenvalue weighted by atomic mass is 10.0. The summed E-state index contributed by atoms with van der Waals surface area (Å²) >= 11 is 0. The Morgan fingerprint density at radius 1 is 0.944 bits per heavy atom. The van der Waals surface area contributed by atoms with E-state index in [0.29, 0.717) is 6.61 Å². The molecule has 110 valence electrons. The van der Waals surface area contributed by atoms with Crippen molar-refractivity contribution >= 4 is 0 Å². The molecule has 1 unspecified atom stereocenters. The standard InChI is InChI=1S/C15H32O3/c1-4-5-6-7-8-9-10-11-12-18-13-14(16)15(2,3)17/h14,16-17H,4-13H2,1-3H3. The van der Waals surface area contributed by atoms with Crippen molar-refractivity contribution in [3.05, 3.63) is 0 Å². The van der Waals surface area contributed by atoms with Crippen molar-refractivity contribution in [3.8, 4) is 0 Å². The summed E-state index contributed by atoms with van der Waals surface area (Å²) in [5.41, 5.74) is -1.07. The predicted octanol–water partition coefficient (Wildman–Crippen LogP) is 3.28. The molecule has 0 rings (SSSR count). The lowest BCUT2D eigenvalue weighted by Gasteiger charge is -2.24. The Balaban J connectivity index is 3.17. The van der Waals surface area contributed by atoms with E-state index in [2.05, 4.69) is 6.92 Å². The fourth-order valence-corrected chi connectivity index (χ4v) is 1.74. The Labute approximate surface area is 113 Å². The maximum absolute atomic E-state index is 9.53. The lowest BCUT2D eigenvalue weighted by Crippen LogP contribution is -2.39. The molecule has 0 aromatic carbocycles. The molecule has 0 amide bonds. The smallest absolute Gasteiger partial charge is 0.105 e. The molecule has 0 aliphatic carbocycles. The number of aliphatic hydroxyl groups excluding tert-OH is 1. The zero-order chi connectivity index (χ0) is 13.9. The van der Waals surface area contributed by atoms with Crippen LogP contribution in [0.15, 0.2) is 0 Å². The quantitative estimate of drug-likeness (QED) is 0.529. The Hall–Kier alpha value is -0.120. The van der Waals surface area contributed by atoms with Crippen molar-refractivity contribution in [2.45, 2.75) is 83.8 Å². The van der Waals surface area contributed by atoms with Crippen molar-refractivity contribution in [1.82, 2.24) is 0 Å². The first kappa shape index (κ1) is 17.9. The van der Waals surface area contributed by atoms with Crippen molar-refractivity contribution in [2.75, 3.05) is 13.2 Å². The predicted molar refractivity (Wildman–Crippen MR) is 75.7 cm³/mol. The molecule has 0 aliphatic rings. The van der Waals surface area contributed by atoms with Crippen LogP contribution in [0.3, 0.4) is 0 Å². The van der Waals surface area contributed by atoms with E-state index < -0.39 is 11.7 Å². The van der Waals surface area contributed by atoms with E-state index in [9.17, 15) is 10.2 Å². The minimum Gasteiger partial charge on any atom is -0.388 e. The van der Waals surface area contributed by atoms with Crippen LogP contribution in [0, 0.1) is 0 Å². The van der Waals surface area contributed by atoms with Crippen LogP contribution in [0.5, 0.6) is 0 Å². The first-order chi connectivity index (χ1) is 8.48. The summed E-state index contributed by atoms with van der Waals surface area (Å²) in [6.45, 7) is 6.33. The number of hydrogen-bond donors (Lipinski definition) is 2. The SMILES string of the molecule is CCCCCCCCCCOCC(O)C(C)(C)O. The molecule has 1 atom stereocenters. The van der Waals surface area contributed by atoms with E-state index in [-0.39, 0.29) is 6.61 Å². The van der Waals surface area contributed by atoms with Gasteiger partial charge in [-0.05, 0) is 20.3 Å². The van der Waals surface area contributed by atoms with Crippen LogP contribution in [-0.2, 0) is 4.74 Å². The van der Waals surface area contributed by atoms with Crippen LogP contribution >= 0.6 is 0 Å². The molecule has 0 saturated carbocycles. The molecule has 0 saturated heterocycles. The van der Waals surface area contributed by atoms with E-state index in [0.717, 1.165) is 6.42 Å². The summed E-state index contributed by atoms with van der Waals surface area (Å²) in [6, 6.07) is 0. The van der Waals surface area contributed by atoms with Gasteiger partial charge in [0.25, 0.3) is 0 Å². The van der Waals surface area contributed by atoms with E-state index >= 15 is 0 Å². The number of rotatable bonds is 12. The normalized spacial score (nSPS) is 13.8. The largest absolute Gasteiger partial charge is 0.388 e. The van der Waals surface area contributed by atoms with Gasteiger partial charge in [-0.15, -0.1) is 0 Å². The topological polar surface area (TPSA) is 49.7 Å². The third-order valence-corrected chi connectivity index (χ3v) is 3.23. The summed E-state index contributed by atoms with van der Waals surface area (Å²) in [5.74, 6) is 0. The summed E-state index contributed by atoms with van der Waals surface area (Å²) in [5, 5.41) is 19.0. The summed E-state index contributed by atoms with van der Waals surface area (Å²) < 4.78 is 5.36. The molecule has 0 aromatic rings. The molecule has 0 bridgehead atoms. The maximum atomic E-state index is 9.53. The number of hydrogen-bond acceptors (Lipinski definition) is 3. The average Bonchev–Trinajstić information content (AvgIpc) is 2.30. The molecule has 0 aliphatic heterocycles. The highest BCUT2D eigenvalue weighted by Gasteiger charge is 2.24. The summed E-state index contributed by atoms with van der Waals surface area (Å²) in [4.78, 5) is 0. The lowest BCUT2D eigenvalue weighted by molar-refractivity contribution is -0.0859. The van der Waals surface area contributed by atoms with Crippen LogP contribution in [0.2, 0.25) is 0 Å². The van der Waals surface area contributed by atoms with Gasteiger partial charge in [0, 0.05) is 6.61 Å². The van der Waals surface area contributed by atoms with Gasteiger partial charge < -0.3 is 14.9 Å². The molecule has 2 N–H and O–H groups in total. The van der Waals surface area contributed by atoms with Gasteiger partial charge in [0.2, 0.25) is 0 Å². The monoisotopic (exact) mass is 260 g/mol. The van der Waals surface area contributed by atoms with Gasteiger partial charge in [0.1, 0.15) is 6.10 Å². The first-order valence-electron chi connectivity index (χ1n) is 7.46. The van der Waals surface area contributed by atoms with Crippen LogP contribution in [0.25, 0.3) is 0 Å². The second-order valence-electron chi connectivity index (χ2n) is 5.72. The van der Waals surface area contributed by atoms with Gasteiger partial charge in [-0.25, -0.2) is 0 Å². The Bertz CT molecular complexity index is 175. The van der Waals surface area contributed by atoms with Gasteiger partial charge >= 0.3 is 0 Å². The molecule has 3 heteroatoms. The molecule has 0 heterocycles. The van der Waals surface area contributed by atoms with Gasteiger partial charge in [0.15, 0.2) is 0 Å². The third kappa shape index (κ3) is 11.0. The summed E-state index contributed by atoms with van der Waals surface area (Å²) in [7, 11) is 0. The van der Waals surface area contributed by atoms with Crippen LogP contribution in [-0.4, -0.2) is 35.1 Å². The molecular formula is C15H32O3. The van der Waals surface area contributed by atoms with Gasteiger partial charge in [0.05, 0.1) is 12.2 Å². The van der Waals surface area contributed by atoms with Crippen LogP contribution < -0.4 is 0 Å². The van der Waals surface area contributed by atoms with Gasteiger partial charge in [-0.1, -0.05) is 51.9 Å². The average molecular weight is 260 g/mol. The highest BCUT2D eigenvalue weighted by Crippen LogP contribution is 2.10. The van der Waals surface area contributed by atoms with Crippen molar-refractivity contribution < 1.29 is 14.9 Å². The zero-order valence-electron chi connectivity index (χ0n) is 12.5. The minimum absolute atomic E-state index is 0.222. The van der Waals surface area contributed by atoms with E-state index in [1.54, 1.807) is 13.8 Å². The maximum Gasteiger partial charge on any atom is 0.105 e. The zero-order valence-corrected chi connectivity index (χ0v) is 12.5. The fourth-order valence-electron chi connectivity index (χ4n) is 1.74. The minimum atomic E-state index is -1.07. The molecule has 18 heavy (non-hydrogen) atoms. The van der Waals surface area contributed by atoms with Crippen LogP contribution in [0.4, 0.5) is 0 Å². The molecule has 0 radical (unpaired) electrons. The highest BCUT2D eigenvalue weighted by molar-refractivity contribution is 4.75. The van der Waals surface area contributed by atoms with Crippen molar-refractivity contribution in [1.29, 1.82) is 0 Å². The molecule has 0 fully saturated rings. The fraction of sp³-hybridized carbons (Fsp3) is 1.00. The molecule has 0 spiro atoms. The Kier molecular flexibility index (Phi) is 10.7. The second kappa shape index (κ2) is 10.8. The molecule has 3 nitrogen and oxygen atoms in total. The number of ether oxygens (including phenoxy) is 1. The Morgan fingerprint density at radius 2 is 1.44 bits per heavy atom. The second-order valence-corrected chi connectivity index (χ2v) is 5.72. The van der Waals surface area contributed by atoms with Crippen molar-refractivity contribution in [2.24, 2.45) is 0 Å². The first-order valence-corrected chi connectivity index (χ1v) is 7.46. The molecule has 0 aromatic heterocycles. The van der Waals surface area contributed by atoms with E-state index in [4.69, 9.17) is 4.74 Å². The third-order valence-electron chi connectivity index (χ3n) is 3.23. The van der Waals surface area contributed by atoms with Gasteiger partial charge in [-0.3, -0.25) is 0 Å². The van der Waals surface area contributed by atoms with Crippen LogP contribution in [0.1, 0.15) is 72.1 Å². The van der Waals surface area contributed by atoms with Gasteiger partial charge in [-0.2, -0.15) is 0 Å². The van der Waals surface area contributed by atoms with Crippen molar-refractivity contribution in [3.63, 3.8) is 0 Å². The number of unbranched alkanes of at least 4 members (excludes halogenated alkanes) is 7. The van der Waals surface area contributed by atoms with E-state index in [1.165, 1.54) is 44.9 Å². The Morgan fingerprint density at radius 3 is 1.94 bits per heavy atom. The number of aliphatic hydroxyl groups is 2. The molecular weight excluding hydrogens is 228 g/mol. The van der Waals surface area contributed by atoms with E-state index in [1.807, 2.05) is 0 Å².